The van der Waals surface area contributed by atoms with Gasteiger partial charge in [0, 0.05) is 51.3 Å². The Morgan fingerprint density at radius 1 is 1.25 bits per heavy atom. The van der Waals surface area contributed by atoms with Gasteiger partial charge in [-0.1, -0.05) is 6.58 Å². The lowest BCUT2D eigenvalue weighted by Crippen LogP contribution is -2.51. The summed E-state index contributed by atoms with van der Waals surface area (Å²) in [4.78, 5) is 27.5. The van der Waals surface area contributed by atoms with Crippen molar-refractivity contribution in [3.63, 3.8) is 0 Å². The van der Waals surface area contributed by atoms with Crippen molar-refractivity contribution >= 4 is 27.7 Å². The molecule has 7 heteroatoms. The molecule has 0 radical (unpaired) electrons. The van der Waals surface area contributed by atoms with Gasteiger partial charge in [0.2, 0.25) is 11.8 Å². The molecule has 0 N–H and O–H groups in total. The van der Waals surface area contributed by atoms with E-state index in [1.54, 1.807) is 11.1 Å². The van der Waals surface area contributed by atoms with Crippen LogP contribution in [-0.4, -0.2) is 57.6 Å². The molecule has 24 heavy (non-hydrogen) atoms. The summed E-state index contributed by atoms with van der Waals surface area (Å²) in [6, 6.07) is 0. The number of nitrogens with zero attached hydrogens (tertiary/aromatic N) is 4. The highest BCUT2D eigenvalue weighted by Crippen LogP contribution is 2.24. The van der Waals surface area contributed by atoms with Crippen molar-refractivity contribution in [3.8, 4) is 0 Å². The van der Waals surface area contributed by atoms with Crippen LogP contribution in [0.2, 0.25) is 0 Å². The van der Waals surface area contributed by atoms with E-state index in [-0.39, 0.29) is 11.8 Å². The van der Waals surface area contributed by atoms with Gasteiger partial charge in [0.25, 0.3) is 0 Å². The van der Waals surface area contributed by atoms with Crippen LogP contribution in [0.5, 0.6) is 0 Å². The van der Waals surface area contributed by atoms with Crippen molar-refractivity contribution < 1.29 is 9.59 Å². The largest absolute Gasteiger partial charge is 0.343 e. The molecule has 0 aliphatic carbocycles. The van der Waals surface area contributed by atoms with E-state index in [0.29, 0.717) is 31.3 Å². The van der Waals surface area contributed by atoms with Crippen LogP contribution in [0.15, 0.2) is 29.5 Å². The van der Waals surface area contributed by atoms with E-state index >= 15 is 0 Å². The minimum atomic E-state index is -0.0372. The third-order valence-corrected chi connectivity index (χ3v) is 5.33. The Kier molecular flexibility index (Phi) is 5.38. The van der Waals surface area contributed by atoms with Crippen molar-refractivity contribution in [3.05, 3.63) is 29.5 Å². The normalized spacial score (nSPS) is 19.2. The molecule has 6 nitrogen and oxygen atoms in total. The van der Waals surface area contributed by atoms with Gasteiger partial charge in [-0.2, -0.15) is 5.10 Å². The smallest absolute Gasteiger partial charge is 0.245 e. The second kappa shape index (κ2) is 7.51. The van der Waals surface area contributed by atoms with Crippen molar-refractivity contribution in [1.82, 2.24) is 19.6 Å². The molecule has 130 valence electrons. The van der Waals surface area contributed by atoms with Gasteiger partial charge in [-0.25, -0.2) is 0 Å². The standard InChI is InChI=1S/C17H23BrN4O2/c1-2-16(23)21-9-14(10-21)7-17(24)20-5-3-13(4-6-20)11-22-12-15(18)8-19-22/h2,8,12-14H,1,3-7,9-11H2. The Morgan fingerprint density at radius 2 is 1.96 bits per heavy atom. The highest BCUT2D eigenvalue weighted by atomic mass is 79.9. The fraction of sp³-hybridized carbons (Fsp3) is 0.588. The predicted octanol–water partition coefficient (Wildman–Crippen LogP) is 1.92. The number of hydrogen-bond acceptors (Lipinski definition) is 3. The van der Waals surface area contributed by atoms with Crippen LogP contribution in [0.25, 0.3) is 0 Å². The van der Waals surface area contributed by atoms with E-state index in [0.717, 1.165) is 36.9 Å². The number of likely N-dealkylation sites (tertiary alicyclic amines) is 2. The molecule has 2 fully saturated rings. The average molecular weight is 395 g/mol. The van der Waals surface area contributed by atoms with Crippen LogP contribution in [0.1, 0.15) is 19.3 Å². The molecule has 0 atom stereocenters. The lowest BCUT2D eigenvalue weighted by Gasteiger charge is -2.40. The third kappa shape index (κ3) is 4.06. The summed E-state index contributed by atoms with van der Waals surface area (Å²) in [6.45, 7) is 7.42. The number of carbonyl (C=O) groups is 2. The first-order chi connectivity index (χ1) is 11.5. The SMILES string of the molecule is C=CC(=O)N1CC(CC(=O)N2CCC(Cn3cc(Br)cn3)CC2)C1. The maximum absolute atomic E-state index is 12.4. The summed E-state index contributed by atoms with van der Waals surface area (Å²) in [5.74, 6) is 1.07. The first-order valence-corrected chi connectivity index (χ1v) is 9.21. The Hall–Kier alpha value is -1.63. The van der Waals surface area contributed by atoms with E-state index in [1.807, 2.05) is 15.8 Å². The summed E-state index contributed by atoms with van der Waals surface area (Å²) in [6.07, 6.45) is 7.73. The van der Waals surface area contributed by atoms with Crippen LogP contribution < -0.4 is 0 Å². The van der Waals surface area contributed by atoms with Crippen molar-refractivity contribution in [2.75, 3.05) is 26.2 Å². The first-order valence-electron chi connectivity index (χ1n) is 8.42. The molecular formula is C17H23BrN4O2. The average Bonchev–Trinajstić information content (AvgIpc) is 2.95. The Balaban J connectivity index is 1.38. The van der Waals surface area contributed by atoms with Crippen molar-refractivity contribution in [2.24, 2.45) is 11.8 Å². The summed E-state index contributed by atoms with van der Waals surface area (Å²) in [7, 11) is 0. The number of halogens is 1. The maximum atomic E-state index is 12.4. The Bertz CT molecular complexity index is 616. The molecule has 0 unspecified atom stereocenters. The lowest BCUT2D eigenvalue weighted by molar-refractivity contribution is -0.139. The Labute approximate surface area is 150 Å². The van der Waals surface area contributed by atoms with Gasteiger partial charge in [0.1, 0.15) is 0 Å². The van der Waals surface area contributed by atoms with Gasteiger partial charge in [0.05, 0.1) is 10.7 Å². The molecule has 3 heterocycles. The minimum absolute atomic E-state index is 0.0372. The van der Waals surface area contributed by atoms with Gasteiger partial charge in [-0.15, -0.1) is 0 Å². The quantitative estimate of drug-likeness (QED) is 0.716. The van der Waals surface area contributed by atoms with Crippen LogP contribution in [0.4, 0.5) is 0 Å². The van der Waals surface area contributed by atoms with Gasteiger partial charge in [-0.05, 0) is 40.8 Å². The summed E-state index contributed by atoms with van der Waals surface area (Å²) < 4.78 is 2.96. The molecule has 1 aromatic heterocycles. The number of rotatable bonds is 5. The number of aromatic nitrogens is 2. The molecule has 1 aromatic rings. The molecule has 0 bridgehead atoms. The van der Waals surface area contributed by atoms with E-state index in [1.165, 1.54) is 6.08 Å². The maximum Gasteiger partial charge on any atom is 0.245 e. The van der Waals surface area contributed by atoms with Gasteiger partial charge in [-0.3, -0.25) is 14.3 Å². The summed E-state index contributed by atoms with van der Waals surface area (Å²) in [5.41, 5.74) is 0. The lowest BCUT2D eigenvalue weighted by atomic mass is 9.93. The molecule has 0 saturated carbocycles. The van der Waals surface area contributed by atoms with Gasteiger partial charge in [0.15, 0.2) is 0 Å². The monoisotopic (exact) mass is 394 g/mol. The first kappa shape index (κ1) is 17.2. The summed E-state index contributed by atoms with van der Waals surface area (Å²) in [5, 5.41) is 4.30. The molecule has 0 spiro atoms. The van der Waals surface area contributed by atoms with Crippen molar-refractivity contribution in [2.45, 2.75) is 25.8 Å². The fourth-order valence-corrected chi connectivity index (χ4v) is 3.78. The molecule has 0 aromatic carbocycles. The molecule has 2 saturated heterocycles. The topological polar surface area (TPSA) is 58.4 Å². The van der Waals surface area contributed by atoms with Crippen LogP contribution in [-0.2, 0) is 16.1 Å². The van der Waals surface area contributed by atoms with Crippen molar-refractivity contribution in [1.29, 1.82) is 0 Å². The number of hydrogen-bond donors (Lipinski definition) is 0. The highest BCUT2D eigenvalue weighted by Gasteiger charge is 2.33. The molecule has 3 rings (SSSR count). The molecular weight excluding hydrogens is 372 g/mol. The molecule has 2 aliphatic rings. The van der Waals surface area contributed by atoms with E-state index in [4.69, 9.17) is 0 Å². The molecule has 2 aliphatic heterocycles. The zero-order valence-corrected chi connectivity index (χ0v) is 15.3. The number of carbonyl (C=O) groups excluding carboxylic acids is 2. The van der Waals surface area contributed by atoms with Crippen LogP contribution >= 0.6 is 15.9 Å². The zero-order valence-electron chi connectivity index (χ0n) is 13.7. The second-order valence-electron chi connectivity index (χ2n) is 6.72. The van der Waals surface area contributed by atoms with E-state index in [9.17, 15) is 9.59 Å². The number of piperidine rings is 1. The highest BCUT2D eigenvalue weighted by molar-refractivity contribution is 9.10. The summed E-state index contributed by atoms with van der Waals surface area (Å²) >= 11 is 3.41. The van der Waals surface area contributed by atoms with Gasteiger partial charge < -0.3 is 9.80 Å². The van der Waals surface area contributed by atoms with Gasteiger partial charge >= 0.3 is 0 Å². The van der Waals surface area contributed by atoms with Crippen LogP contribution in [0.3, 0.4) is 0 Å². The van der Waals surface area contributed by atoms with Crippen LogP contribution in [0, 0.1) is 11.8 Å². The predicted molar refractivity (Wildman–Crippen MR) is 94.1 cm³/mol. The fourth-order valence-electron chi connectivity index (χ4n) is 3.45. The Morgan fingerprint density at radius 3 is 2.54 bits per heavy atom. The number of amides is 2. The van der Waals surface area contributed by atoms with E-state index in [2.05, 4.69) is 27.6 Å². The minimum Gasteiger partial charge on any atom is -0.343 e. The third-order valence-electron chi connectivity index (χ3n) is 4.92. The van der Waals surface area contributed by atoms with E-state index < -0.39 is 0 Å². The zero-order chi connectivity index (χ0) is 17.1. The second-order valence-corrected chi connectivity index (χ2v) is 7.64. The molecule has 2 amide bonds.